The summed E-state index contributed by atoms with van der Waals surface area (Å²) in [5, 5.41) is 1.09. The van der Waals surface area contributed by atoms with Crippen molar-refractivity contribution in [1.82, 2.24) is 4.98 Å². The molecule has 3 heteroatoms. The Morgan fingerprint density at radius 3 is 2.56 bits per heavy atom. The fourth-order valence-electron chi connectivity index (χ4n) is 2.61. The molecule has 0 bridgehead atoms. The van der Waals surface area contributed by atoms with Crippen LogP contribution in [0.25, 0.3) is 11.0 Å². The second-order valence-electron chi connectivity index (χ2n) is 4.59. The van der Waals surface area contributed by atoms with Gasteiger partial charge in [-0.15, -0.1) is 0 Å². The molecule has 3 nitrogen and oxygen atoms in total. The first kappa shape index (κ1) is 9.71. The summed E-state index contributed by atoms with van der Waals surface area (Å²) < 4.78 is 5.43. The first-order chi connectivity index (χ1) is 8.92. The predicted octanol–water partition coefficient (Wildman–Crippen LogP) is 3.35. The van der Waals surface area contributed by atoms with E-state index in [4.69, 9.17) is 4.42 Å². The lowest BCUT2D eigenvalue weighted by Crippen LogP contribution is -2.15. The number of aromatic nitrogens is 1. The van der Waals surface area contributed by atoms with Crippen LogP contribution in [0.3, 0.4) is 0 Å². The number of pyridine rings is 1. The Bertz CT molecular complexity index is 692. The van der Waals surface area contributed by atoms with Crippen LogP contribution in [0.2, 0.25) is 0 Å². The van der Waals surface area contributed by atoms with E-state index in [1.165, 1.54) is 11.1 Å². The molecule has 0 saturated heterocycles. The Hall–Kier alpha value is -2.29. The third kappa shape index (κ3) is 1.34. The fourth-order valence-corrected chi connectivity index (χ4v) is 2.61. The highest BCUT2D eigenvalue weighted by Gasteiger charge is 2.21. The number of furan rings is 1. The standard InChI is InChI=1S/C15H12N2O/c1-2-4-12-10-17(9-11(12)3-1)15-13-6-8-18-14(13)5-7-16-15/h1-8H,9-10H2. The Morgan fingerprint density at radius 1 is 1.00 bits per heavy atom. The van der Waals surface area contributed by atoms with E-state index in [0.29, 0.717) is 0 Å². The van der Waals surface area contributed by atoms with E-state index in [-0.39, 0.29) is 0 Å². The lowest BCUT2D eigenvalue weighted by Gasteiger charge is -2.16. The molecule has 0 unspecified atom stereocenters. The molecule has 0 fully saturated rings. The largest absolute Gasteiger partial charge is 0.464 e. The van der Waals surface area contributed by atoms with Gasteiger partial charge in [0.1, 0.15) is 11.4 Å². The fraction of sp³-hybridized carbons (Fsp3) is 0.133. The number of hydrogen-bond donors (Lipinski definition) is 0. The van der Waals surface area contributed by atoms with Gasteiger partial charge < -0.3 is 9.32 Å². The molecule has 0 spiro atoms. The average Bonchev–Trinajstić information content (AvgIpc) is 3.04. The maximum Gasteiger partial charge on any atom is 0.140 e. The molecule has 88 valence electrons. The van der Waals surface area contributed by atoms with Crippen molar-refractivity contribution < 1.29 is 4.42 Å². The van der Waals surface area contributed by atoms with Gasteiger partial charge in [0.05, 0.1) is 11.6 Å². The molecule has 0 amide bonds. The predicted molar refractivity (Wildman–Crippen MR) is 70.3 cm³/mol. The van der Waals surface area contributed by atoms with Gasteiger partial charge in [-0.25, -0.2) is 4.98 Å². The zero-order valence-corrected chi connectivity index (χ0v) is 9.84. The molecule has 3 heterocycles. The summed E-state index contributed by atoms with van der Waals surface area (Å²) in [6, 6.07) is 12.4. The minimum Gasteiger partial charge on any atom is -0.464 e. The lowest BCUT2D eigenvalue weighted by molar-refractivity contribution is 0.615. The van der Waals surface area contributed by atoms with Gasteiger partial charge in [-0.05, 0) is 23.3 Å². The smallest absolute Gasteiger partial charge is 0.140 e. The quantitative estimate of drug-likeness (QED) is 0.649. The van der Waals surface area contributed by atoms with Gasteiger partial charge in [-0.3, -0.25) is 0 Å². The van der Waals surface area contributed by atoms with Gasteiger partial charge >= 0.3 is 0 Å². The summed E-state index contributed by atoms with van der Waals surface area (Å²) in [4.78, 5) is 6.80. The van der Waals surface area contributed by atoms with Crippen LogP contribution >= 0.6 is 0 Å². The van der Waals surface area contributed by atoms with Crippen molar-refractivity contribution in [2.24, 2.45) is 0 Å². The summed E-state index contributed by atoms with van der Waals surface area (Å²) in [7, 11) is 0. The average molecular weight is 236 g/mol. The molecular formula is C15H12N2O. The first-order valence-corrected chi connectivity index (χ1v) is 6.06. The van der Waals surface area contributed by atoms with Crippen LogP contribution in [-0.2, 0) is 13.1 Å². The second kappa shape index (κ2) is 3.60. The lowest BCUT2D eigenvalue weighted by atomic mass is 10.1. The zero-order chi connectivity index (χ0) is 11.9. The topological polar surface area (TPSA) is 29.3 Å². The molecule has 4 rings (SSSR count). The number of hydrogen-bond acceptors (Lipinski definition) is 3. The van der Waals surface area contributed by atoms with Crippen molar-refractivity contribution in [2.75, 3.05) is 4.90 Å². The van der Waals surface area contributed by atoms with E-state index < -0.39 is 0 Å². The van der Waals surface area contributed by atoms with Crippen molar-refractivity contribution in [3.05, 3.63) is 60.0 Å². The SMILES string of the molecule is c1ccc2c(c1)CN(c1nccc3occc13)C2. The maximum atomic E-state index is 5.43. The normalized spacial score (nSPS) is 14.1. The molecule has 0 aliphatic carbocycles. The van der Waals surface area contributed by atoms with Crippen molar-refractivity contribution in [3.63, 3.8) is 0 Å². The van der Waals surface area contributed by atoms with E-state index in [0.717, 1.165) is 29.9 Å². The molecule has 18 heavy (non-hydrogen) atoms. The van der Waals surface area contributed by atoms with Crippen LogP contribution in [0.4, 0.5) is 5.82 Å². The number of fused-ring (bicyclic) bond motifs is 2. The zero-order valence-electron chi connectivity index (χ0n) is 9.84. The van der Waals surface area contributed by atoms with Crippen LogP contribution < -0.4 is 4.90 Å². The number of benzene rings is 1. The Morgan fingerprint density at radius 2 is 1.78 bits per heavy atom. The molecule has 1 aromatic carbocycles. The summed E-state index contributed by atoms with van der Waals surface area (Å²) in [5.41, 5.74) is 3.68. The third-order valence-electron chi connectivity index (χ3n) is 3.50. The summed E-state index contributed by atoms with van der Waals surface area (Å²) in [5.74, 6) is 1.01. The van der Waals surface area contributed by atoms with E-state index in [9.17, 15) is 0 Å². The molecule has 1 aliphatic heterocycles. The minimum atomic E-state index is 0.899. The summed E-state index contributed by atoms with van der Waals surface area (Å²) in [6.45, 7) is 1.85. The van der Waals surface area contributed by atoms with Crippen LogP contribution in [0.1, 0.15) is 11.1 Å². The molecule has 0 radical (unpaired) electrons. The highest BCUT2D eigenvalue weighted by Crippen LogP contribution is 2.31. The van der Waals surface area contributed by atoms with Crippen molar-refractivity contribution in [2.45, 2.75) is 13.1 Å². The van der Waals surface area contributed by atoms with Gasteiger partial charge in [0.15, 0.2) is 0 Å². The van der Waals surface area contributed by atoms with Gasteiger partial charge in [-0.1, -0.05) is 24.3 Å². The van der Waals surface area contributed by atoms with Gasteiger partial charge in [0.25, 0.3) is 0 Å². The second-order valence-corrected chi connectivity index (χ2v) is 4.59. The van der Waals surface area contributed by atoms with Crippen molar-refractivity contribution in [1.29, 1.82) is 0 Å². The highest BCUT2D eigenvalue weighted by molar-refractivity contribution is 5.88. The van der Waals surface area contributed by atoms with Crippen LogP contribution in [0.5, 0.6) is 0 Å². The van der Waals surface area contributed by atoms with Crippen molar-refractivity contribution in [3.8, 4) is 0 Å². The van der Waals surface area contributed by atoms with Crippen LogP contribution in [0, 0.1) is 0 Å². The molecule has 2 aromatic heterocycles. The molecule has 0 N–H and O–H groups in total. The Labute approximate surface area is 105 Å². The summed E-state index contributed by atoms with van der Waals surface area (Å²) in [6.07, 6.45) is 3.53. The van der Waals surface area contributed by atoms with Gasteiger partial charge in [0, 0.05) is 19.3 Å². The van der Waals surface area contributed by atoms with Crippen molar-refractivity contribution >= 4 is 16.8 Å². The number of anilines is 1. The summed E-state index contributed by atoms with van der Waals surface area (Å²) >= 11 is 0. The Balaban J connectivity index is 1.80. The molecule has 0 saturated carbocycles. The van der Waals surface area contributed by atoms with Crippen LogP contribution in [-0.4, -0.2) is 4.98 Å². The molecule has 3 aromatic rings. The van der Waals surface area contributed by atoms with E-state index in [1.54, 1.807) is 6.26 Å². The van der Waals surface area contributed by atoms with E-state index in [2.05, 4.69) is 34.1 Å². The Kier molecular flexibility index (Phi) is 1.94. The van der Waals surface area contributed by atoms with E-state index >= 15 is 0 Å². The first-order valence-electron chi connectivity index (χ1n) is 6.06. The molecule has 1 aliphatic rings. The van der Waals surface area contributed by atoms with Gasteiger partial charge in [-0.2, -0.15) is 0 Å². The van der Waals surface area contributed by atoms with E-state index in [1.807, 2.05) is 18.3 Å². The van der Waals surface area contributed by atoms with Crippen LogP contribution in [0.15, 0.2) is 53.3 Å². The highest BCUT2D eigenvalue weighted by atomic mass is 16.3. The third-order valence-corrected chi connectivity index (χ3v) is 3.50. The number of rotatable bonds is 1. The molecular weight excluding hydrogens is 224 g/mol. The maximum absolute atomic E-state index is 5.43. The minimum absolute atomic E-state index is 0.899. The molecule has 0 atom stereocenters. The number of nitrogens with zero attached hydrogens (tertiary/aromatic N) is 2. The monoisotopic (exact) mass is 236 g/mol. The van der Waals surface area contributed by atoms with Gasteiger partial charge in [0.2, 0.25) is 0 Å².